The van der Waals surface area contributed by atoms with E-state index in [0.29, 0.717) is 17.1 Å². The van der Waals surface area contributed by atoms with Gasteiger partial charge in [0, 0.05) is 12.4 Å². The van der Waals surface area contributed by atoms with Crippen LogP contribution in [0.4, 0.5) is 5.95 Å². The van der Waals surface area contributed by atoms with E-state index in [0.717, 1.165) is 5.76 Å². The van der Waals surface area contributed by atoms with Crippen LogP contribution >= 0.6 is 0 Å². The summed E-state index contributed by atoms with van der Waals surface area (Å²) in [5, 5.41) is 4.01. The molecule has 0 saturated heterocycles. The Labute approximate surface area is 90.7 Å². The van der Waals surface area contributed by atoms with Crippen molar-refractivity contribution in [1.29, 1.82) is 0 Å². The van der Waals surface area contributed by atoms with E-state index in [1.54, 1.807) is 16.9 Å². The lowest BCUT2D eigenvalue weighted by Gasteiger charge is -1.96. The van der Waals surface area contributed by atoms with Crippen LogP contribution in [0, 0.1) is 6.92 Å². The van der Waals surface area contributed by atoms with Gasteiger partial charge in [-0.15, -0.1) is 5.10 Å². The average Bonchev–Trinajstić information content (AvgIpc) is 2.82. The Morgan fingerprint density at radius 1 is 1.38 bits per heavy atom. The highest BCUT2D eigenvalue weighted by Crippen LogP contribution is 2.23. The predicted molar refractivity (Wildman–Crippen MR) is 57.6 cm³/mol. The average molecular weight is 215 g/mol. The van der Waals surface area contributed by atoms with Crippen molar-refractivity contribution in [3.8, 4) is 11.5 Å². The highest BCUT2D eigenvalue weighted by Gasteiger charge is 2.12. The molecule has 3 aromatic heterocycles. The molecule has 0 amide bonds. The molecule has 0 aromatic carbocycles. The van der Waals surface area contributed by atoms with Gasteiger partial charge >= 0.3 is 0 Å². The normalized spacial score (nSPS) is 11.1. The molecule has 3 aromatic rings. The minimum absolute atomic E-state index is 0.220. The van der Waals surface area contributed by atoms with Gasteiger partial charge < -0.3 is 10.2 Å². The topological polar surface area (TPSA) is 82.2 Å². The van der Waals surface area contributed by atoms with Crippen LogP contribution in [0.1, 0.15) is 5.76 Å². The van der Waals surface area contributed by atoms with Gasteiger partial charge in [-0.2, -0.15) is 4.98 Å². The van der Waals surface area contributed by atoms with Crippen molar-refractivity contribution >= 4 is 11.6 Å². The lowest BCUT2D eigenvalue weighted by atomic mass is 10.3. The molecule has 80 valence electrons. The second-order valence-electron chi connectivity index (χ2n) is 3.42. The minimum atomic E-state index is 0.220. The quantitative estimate of drug-likeness (QED) is 0.661. The van der Waals surface area contributed by atoms with Gasteiger partial charge in [-0.3, -0.25) is 0 Å². The van der Waals surface area contributed by atoms with Crippen LogP contribution in [0.15, 0.2) is 28.9 Å². The summed E-state index contributed by atoms with van der Waals surface area (Å²) in [6.07, 6.45) is 3.33. The van der Waals surface area contributed by atoms with Crippen LogP contribution in [-0.2, 0) is 0 Å². The maximum Gasteiger partial charge on any atom is 0.240 e. The van der Waals surface area contributed by atoms with Gasteiger partial charge in [0.2, 0.25) is 5.95 Å². The summed E-state index contributed by atoms with van der Waals surface area (Å²) in [5.41, 5.74) is 6.77. The smallest absolute Gasteiger partial charge is 0.240 e. The molecular formula is C10H9N5O. The van der Waals surface area contributed by atoms with Crippen LogP contribution < -0.4 is 5.73 Å². The van der Waals surface area contributed by atoms with Crippen molar-refractivity contribution in [3.63, 3.8) is 0 Å². The third-order valence-electron chi connectivity index (χ3n) is 2.24. The fourth-order valence-corrected chi connectivity index (χ4v) is 1.57. The molecule has 0 fully saturated rings. The number of nitrogens with two attached hydrogens (primary N) is 1. The molecule has 0 aliphatic heterocycles. The fraction of sp³-hybridized carbons (Fsp3) is 0.100. The van der Waals surface area contributed by atoms with Gasteiger partial charge in [-0.05, 0) is 19.1 Å². The van der Waals surface area contributed by atoms with E-state index < -0.39 is 0 Å². The highest BCUT2D eigenvalue weighted by atomic mass is 16.3. The lowest BCUT2D eigenvalue weighted by molar-refractivity contribution is 0.546. The molecule has 3 rings (SSSR count). The van der Waals surface area contributed by atoms with Crippen LogP contribution in [0.25, 0.3) is 17.1 Å². The number of fused-ring (bicyclic) bond motifs is 1. The Balaban J connectivity index is 2.30. The molecule has 6 heteroatoms. The number of nitrogens with zero attached hydrogens (tertiary/aromatic N) is 4. The van der Waals surface area contributed by atoms with E-state index in [1.165, 1.54) is 0 Å². The summed E-state index contributed by atoms with van der Waals surface area (Å²) in [7, 11) is 0. The van der Waals surface area contributed by atoms with E-state index in [1.807, 2.05) is 19.1 Å². The molecule has 0 bridgehead atoms. The van der Waals surface area contributed by atoms with Crippen LogP contribution in [0.2, 0.25) is 0 Å². The van der Waals surface area contributed by atoms with E-state index in [4.69, 9.17) is 10.2 Å². The number of aryl methyl sites for hydroxylation is 1. The molecule has 2 N–H and O–H groups in total. The van der Waals surface area contributed by atoms with Crippen molar-refractivity contribution < 1.29 is 4.42 Å². The summed E-state index contributed by atoms with van der Waals surface area (Å²) in [4.78, 5) is 8.34. The van der Waals surface area contributed by atoms with Gasteiger partial charge in [-0.1, -0.05) is 0 Å². The number of furan rings is 1. The number of nitrogen functional groups attached to an aromatic ring is 1. The molecule has 0 saturated carbocycles. The standard InChI is InChI=1S/C10H9N5O/c1-6-2-3-7(16-6)8-9-13-10(11)14-15(9)5-4-12-8/h2-5H,1H3,(H2,11,14). The molecule has 3 heterocycles. The van der Waals surface area contributed by atoms with Gasteiger partial charge in [0.25, 0.3) is 0 Å². The monoisotopic (exact) mass is 215 g/mol. The summed E-state index contributed by atoms with van der Waals surface area (Å²) in [6.45, 7) is 1.88. The maximum atomic E-state index is 5.54. The number of hydrogen-bond donors (Lipinski definition) is 1. The van der Waals surface area contributed by atoms with Crippen LogP contribution in [0.5, 0.6) is 0 Å². The zero-order valence-electron chi connectivity index (χ0n) is 8.58. The van der Waals surface area contributed by atoms with Crippen molar-refractivity contribution in [2.24, 2.45) is 0 Å². The molecule has 0 spiro atoms. The van der Waals surface area contributed by atoms with Crippen molar-refractivity contribution in [3.05, 3.63) is 30.3 Å². The van der Waals surface area contributed by atoms with E-state index >= 15 is 0 Å². The third kappa shape index (κ3) is 1.23. The molecule has 0 unspecified atom stereocenters. The molecule has 6 nitrogen and oxygen atoms in total. The number of rotatable bonds is 1. The van der Waals surface area contributed by atoms with E-state index in [-0.39, 0.29) is 5.95 Å². The first-order chi connectivity index (χ1) is 7.74. The largest absolute Gasteiger partial charge is 0.460 e. The lowest BCUT2D eigenvalue weighted by Crippen LogP contribution is -1.92. The van der Waals surface area contributed by atoms with Crippen LogP contribution in [-0.4, -0.2) is 19.6 Å². The first kappa shape index (κ1) is 8.90. The Bertz CT molecular complexity index is 654. The summed E-state index contributed by atoms with van der Waals surface area (Å²) < 4.78 is 7.08. The maximum absolute atomic E-state index is 5.54. The Hall–Kier alpha value is -2.37. The Kier molecular flexibility index (Phi) is 1.70. The third-order valence-corrected chi connectivity index (χ3v) is 2.24. The van der Waals surface area contributed by atoms with Crippen molar-refractivity contribution in [2.75, 3.05) is 5.73 Å². The Morgan fingerprint density at radius 3 is 3.00 bits per heavy atom. The molecule has 0 radical (unpaired) electrons. The predicted octanol–water partition coefficient (Wildman–Crippen LogP) is 1.27. The number of aromatic nitrogens is 4. The van der Waals surface area contributed by atoms with Crippen LogP contribution in [0.3, 0.4) is 0 Å². The Morgan fingerprint density at radius 2 is 2.25 bits per heavy atom. The fourth-order valence-electron chi connectivity index (χ4n) is 1.57. The van der Waals surface area contributed by atoms with Gasteiger partial charge in [0.15, 0.2) is 17.1 Å². The number of hydrogen-bond acceptors (Lipinski definition) is 5. The molecule has 0 aliphatic rings. The summed E-state index contributed by atoms with van der Waals surface area (Å²) in [5.74, 6) is 1.71. The highest BCUT2D eigenvalue weighted by molar-refractivity contribution is 5.70. The summed E-state index contributed by atoms with van der Waals surface area (Å²) in [6, 6.07) is 3.72. The number of anilines is 1. The second kappa shape index (κ2) is 3.06. The van der Waals surface area contributed by atoms with Crippen molar-refractivity contribution in [2.45, 2.75) is 6.92 Å². The first-order valence-electron chi connectivity index (χ1n) is 4.78. The zero-order valence-corrected chi connectivity index (χ0v) is 8.58. The van der Waals surface area contributed by atoms with Crippen molar-refractivity contribution in [1.82, 2.24) is 19.6 Å². The second-order valence-corrected chi connectivity index (χ2v) is 3.42. The molecular weight excluding hydrogens is 206 g/mol. The first-order valence-corrected chi connectivity index (χ1v) is 4.78. The molecule has 0 aliphatic carbocycles. The SMILES string of the molecule is Cc1ccc(-c2nccn3nc(N)nc23)o1. The van der Waals surface area contributed by atoms with Gasteiger partial charge in [0.1, 0.15) is 5.76 Å². The molecule has 16 heavy (non-hydrogen) atoms. The van der Waals surface area contributed by atoms with Gasteiger partial charge in [-0.25, -0.2) is 9.50 Å². The molecule has 0 atom stereocenters. The van der Waals surface area contributed by atoms with Gasteiger partial charge in [0.05, 0.1) is 0 Å². The zero-order chi connectivity index (χ0) is 11.1. The summed E-state index contributed by atoms with van der Waals surface area (Å²) >= 11 is 0. The van der Waals surface area contributed by atoms with E-state index in [9.17, 15) is 0 Å². The minimum Gasteiger partial charge on any atom is -0.460 e. The van der Waals surface area contributed by atoms with E-state index in [2.05, 4.69) is 15.1 Å².